The first-order valence-electron chi connectivity index (χ1n) is 9.54. The van der Waals surface area contributed by atoms with Crippen molar-refractivity contribution < 1.29 is 29.3 Å². The highest BCUT2D eigenvalue weighted by Gasteiger charge is 2.20. The Hall–Kier alpha value is -1.93. The van der Waals surface area contributed by atoms with Crippen LogP contribution in [0.4, 0.5) is 0 Å². The molecule has 0 saturated carbocycles. The van der Waals surface area contributed by atoms with Crippen molar-refractivity contribution in [2.24, 2.45) is 5.92 Å². The molecule has 0 spiro atoms. The summed E-state index contributed by atoms with van der Waals surface area (Å²) in [6, 6.07) is -1.05. The van der Waals surface area contributed by atoms with Crippen molar-refractivity contribution in [1.82, 2.24) is 10.6 Å². The molecule has 0 aromatic carbocycles. The van der Waals surface area contributed by atoms with E-state index in [9.17, 15) is 14.4 Å². The van der Waals surface area contributed by atoms with E-state index < -0.39 is 24.5 Å². The first-order chi connectivity index (χ1) is 13.1. The van der Waals surface area contributed by atoms with Crippen LogP contribution in [0.2, 0.25) is 0 Å². The summed E-state index contributed by atoms with van der Waals surface area (Å²) in [7, 11) is 1.00. The van der Waals surface area contributed by atoms with Crippen LogP contribution in [0.15, 0.2) is 12.2 Å². The van der Waals surface area contributed by atoms with Crippen LogP contribution in [-0.4, -0.2) is 60.9 Å². The molecular formula is C20H40N2O6. The lowest BCUT2D eigenvalue weighted by atomic mass is 10.1. The van der Waals surface area contributed by atoms with Crippen molar-refractivity contribution in [3.63, 3.8) is 0 Å². The molecule has 1 atom stereocenters. The number of rotatable bonds is 11. The minimum absolute atomic E-state index is 0.227. The quantitative estimate of drug-likeness (QED) is 0.235. The fourth-order valence-electron chi connectivity index (χ4n) is 1.79. The van der Waals surface area contributed by atoms with Gasteiger partial charge < -0.3 is 25.6 Å². The van der Waals surface area contributed by atoms with Gasteiger partial charge in [0.2, 0.25) is 11.8 Å². The Morgan fingerprint density at radius 3 is 2.07 bits per heavy atom. The lowest BCUT2D eigenvalue weighted by Gasteiger charge is -2.16. The normalized spacial score (nSPS) is 10.5. The Bertz CT molecular complexity index is 434. The fourth-order valence-corrected chi connectivity index (χ4v) is 1.79. The van der Waals surface area contributed by atoms with Crippen LogP contribution in [0.25, 0.3) is 0 Å². The molecule has 8 nitrogen and oxygen atoms in total. The van der Waals surface area contributed by atoms with E-state index in [0.717, 1.165) is 26.4 Å². The fraction of sp³-hybridized carbons (Fsp3) is 0.750. The summed E-state index contributed by atoms with van der Waals surface area (Å²) in [6.45, 7) is 12.8. The van der Waals surface area contributed by atoms with E-state index in [4.69, 9.17) is 10.2 Å². The van der Waals surface area contributed by atoms with E-state index >= 15 is 0 Å². The highest BCUT2D eigenvalue weighted by molar-refractivity contribution is 5.89. The number of nitrogens with one attached hydrogen (secondary N) is 2. The van der Waals surface area contributed by atoms with Gasteiger partial charge in [-0.1, -0.05) is 32.3 Å². The van der Waals surface area contributed by atoms with Gasteiger partial charge in [0.15, 0.2) is 0 Å². The Labute approximate surface area is 169 Å². The lowest BCUT2D eigenvalue weighted by Crippen LogP contribution is -2.50. The zero-order valence-corrected chi connectivity index (χ0v) is 18.3. The van der Waals surface area contributed by atoms with Gasteiger partial charge in [0, 0.05) is 13.5 Å². The van der Waals surface area contributed by atoms with Gasteiger partial charge >= 0.3 is 5.97 Å². The molecule has 0 fully saturated rings. The number of aliphatic hydroxyl groups excluding tert-OH is 2. The van der Waals surface area contributed by atoms with Crippen LogP contribution < -0.4 is 10.6 Å². The second kappa shape index (κ2) is 21.4. The zero-order chi connectivity index (χ0) is 22.5. The summed E-state index contributed by atoms with van der Waals surface area (Å²) in [5.41, 5.74) is 1.17. The van der Waals surface area contributed by atoms with Crippen molar-refractivity contribution >= 4 is 17.8 Å². The number of ether oxygens (including phenoxy) is 1. The predicted molar refractivity (Wildman–Crippen MR) is 111 cm³/mol. The topological polar surface area (TPSA) is 125 Å². The molecule has 166 valence electrons. The maximum atomic E-state index is 11.7. The average molecular weight is 405 g/mol. The Kier molecular flexibility index (Phi) is 23.5. The number of amides is 2. The molecule has 0 aromatic rings. The number of allylic oxidation sites excluding steroid dienone is 1. The van der Waals surface area contributed by atoms with Gasteiger partial charge in [0.1, 0.15) is 12.6 Å². The number of hydrogen-bond acceptors (Lipinski definition) is 6. The van der Waals surface area contributed by atoms with Crippen molar-refractivity contribution in [3.05, 3.63) is 12.2 Å². The van der Waals surface area contributed by atoms with E-state index in [1.54, 1.807) is 6.92 Å². The molecule has 0 rings (SSSR count). The molecular weight excluding hydrogens is 364 g/mol. The van der Waals surface area contributed by atoms with Gasteiger partial charge in [-0.3, -0.25) is 14.4 Å². The summed E-state index contributed by atoms with van der Waals surface area (Å²) >= 11 is 0. The van der Waals surface area contributed by atoms with Crippen LogP contribution in [0.1, 0.15) is 60.3 Å². The molecule has 0 aliphatic rings. The lowest BCUT2D eigenvalue weighted by molar-refractivity contribution is -0.143. The van der Waals surface area contributed by atoms with E-state index in [1.807, 2.05) is 13.8 Å². The monoisotopic (exact) mass is 404 g/mol. The molecule has 0 aliphatic heterocycles. The van der Waals surface area contributed by atoms with Gasteiger partial charge in [-0.05, 0) is 33.1 Å². The summed E-state index contributed by atoms with van der Waals surface area (Å²) in [4.78, 5) is 34.6. The Balaban J connectivity index is -0.000000916. The number of aliphatic hydroxyl groups is 2. The zero-order valence-electron chi connectivity index (χ0n) is 18.3. The highest BCUT2D eigenvalue weighted by atomic mass is 16.5. The van der Waals surface area contributed by atoms with E-state index in [0.29, 0.717) is 12.3 Å². The summed E-state index contributed by atoms with van der Waals surface area (Å²) in [5.74, 6) is -0.852. The van der Waals surface area contributed by atoms with Gasteiger partial charge in [-0.15, -0.1) is 6.58 Å². The molecule has 28 heavy (non-hydrogen) atoms. The van der Waals surface area contributed by atoms with Gasteiger partial charge in [-0.2, -0.15) is 0 Å². The maximum Gasteiger partial charge on any atom is 0.325 e. The maximum absolute atomic E-state index is 11.7. The van der Waals surface area contributed by atoms with Crippen molar-refractivity contribution in [2.45, 2.75) is 66.3 Å². The SMILES string of the molecule is C=C(C)C.CCOC(=O)CNC(=O)C(CO)NC(=O)CCCCC(C)C.CO. The van der Waals surface area contributed by atoms with Gasteiger partial charge in [-0.25, -0.2) is 0 Å². The van der Waals surface area contributed by atoms with Crippen LogP contribution >= 0.6 is 0 Å². The van der Waals surface area contributed by atoms with Crippen LogP contribution in [-0.2, 0) is 19.1 Å². The minimum atomic E-state index is -1.05. The number of esters is 1. The molecule has 0 heterocycles. The van der Waals surface area contributed by atoms with E-state index in [1.165, 1.54) is 5.57 Å². The van der Waals surface area contributed by atoms with Crippen LogP contribution in [0.3, 0.4) is 0 Å². The standard InChI is InChI=1S/C15H28N2O5.C4H8.CH4O/c1-4-22-14(20)9-16-15(21)12(10-18)17-13(19)8-6-5-7-11(2)3;1-4(2)3;1-2/h11-12,18H,4-10H2,1-3H3,(H,16,21)(H,17,19);1H2,2-3H3;2H,1H3. The summed E-state index contributed by atoms with van der Waals surface area (Å²) < 4.78 is 4.67. The molecule has 0 aliphatic carbocycles. The third kappa shape index (κ3) is 24.1. The largest absolute Gasteiger partial charge is 0.465 e. The van der Waals surface area contributed by atoms with Gasteiger partial charge in [0.25, 0.3) is 0 Å². The van der Waals surface area contributed by atoms with Crippen molar-refractivity contribution in [3.8, 4) is 0 Å². The molecule has 4 N–H and O–H groups in total. The number of carbonyl (C=O) groups is 3. The third-order valence-corrected chi connectivity index (χ3v) is 2.98. The highest BCUT2D eigenvalue weighted by Crippen LogP contribution is 2.07. The molecule has 0 aromatic heterocycles. The molecule has 0 bridgehead atoms. The smallest absolute Gasteiger partial charge is 0.325 e. The first kappa shape index (κ1) is 30.8. The average Bonchev–Trinajstić information content (AvgIpc) is 2.62. The summed E-state index contributed by atoms with van der Waals surface area (Å²) in [5, 5.41) is 20.9. The summed E-state index contributed by atoms with van der Waals surface area (Å²) in [6.07, 6.45) is 3.06. The van der Waals surface area contributed by atoms with Crippen LogP contribution in [0, 0.1) is 5.92 Å². The molecule has 8 heteroatoms. The second-order valence-corrected chi connectivity index (χ2v) is 6.67. The molecule has 1 unspecified atom stereocenters. The Morgan fingerprint density at radius 1 is 1.11 bits per heavy atom. The predicted octanol–water partition coefficient (Wildman–Crippen LogP) is 1.55. The number of unbranched alkanes of at least 4 members (excludes halogenated alkanes) is 1. The third-order valence-electron chi connectivity index (χ3n) is 2.98. The minimum Gasteiger partial charge on any atom is -0.465 e. The Morgan fingerprint density at radius 2 is 1.64 bits per heavy atom. The molecule has 0 radical (unpaired) electrons. The van der Waals surface area contributed by atoms with Crippen molar-refractivity contribution in [2.75, 3.05) is 26.9 Å². The molecule has 2 amide bonds. The first-order valence-corrected chi connectivity index (χ1v) is 9.54. The number of carbonyl (C=O) groups excluding carboxylic acids is 3. The number of hydrogen-bond donors (Lipinski definition) is 4. The second-order valence-electron chi connectivity index (χ2n) is 6.67. The molecule has 0 saturated heterocycles. The van der Waals surface area contributed by atoms with E-state index in [-0.39, 0.29) is 19.1 Å². The van der Waals surface area contributed by atoms with Crippen molar-refractivity contribution in [1.29, 1.82) is 0 Å². The van der Waals surface area contributed by atoms with Crippen LogP contribution in [0.5, 0.6) is 0 Å². The van der Waals surface area contributed by atoms with E-state index in [2.05, 4.69) is 35.8 Å². The van der Waals surface area contributed by atoms with Gasteiger partial charge in [0.05, 0.1) is 13.2 Å².